The molecule has 0 radical (unpaired) electrons. The number of thiophene rings is 1. The molecule has 2 rings (SSSR count). The molecule has 0 aliphatic heterocycles. The second kappa shape index (κ2) is 4.44. The van der Waals surface area contributed by atoms with E-state index in [1.807, 2.05) is 11.6 Å². The third-order valence-corrected chi connectivity index (χ3v) is 4.82. The van der Waals surface area contributed by atoms with Crippen molar-refractivity contribution >= 4 is 45.5 Å². The molecule has 4 nitrogen and oxygen atoms in total. The summed E-state index contributed by atoms with van der Waals surface area (Å²) in [5.41, 5.74) is 7.16. The summed E-state index contributed by atoms with van der Waals surface area (Å²) in [4.78, 5) is 15.4. The van der Waals surface area contributed by atoms with E-state index in [1.165, 1.54) is 34.4 Å². The van der Waals surface area contributed by atoms with Gasteiger partial charge in [-0.15, -0.1) is 34.4 Å². The van der Waals surface area contributed by atoms with E-state index in [9.17, 15) is 4.79 Å². The molecule has 0 saturated carbocycles. The lowest BCUT2D eigenvalue weighted by Gasteiger charge is -1.94. The van der Waals surface area contributed by atoms with Crippen LogP contribution < -0.4 is 5.73 Å². The van der Waals surface area contributed by atoms with Crippen LogP contribution in [0.25, 0.3) is 11.3 Å². The van der Waals surface area contributed by atoms with Crippen molar-refractivity contribution in [3.05, 3.63) is 16.3 Å². The lowest BCUT2D eigenvalue weighted by Crippen LogP contribution is -1.90. The standard InChI is InChI=1S/C9H8N2O2S3/c1-14-8-4(2-6(16-8)7(12)13)5-3-15-9(10)11-5/h2-3H,1H3,(H2,10,11)(H,12,13). The largest absolute Gasteiger partial charge is 0.477 e. The van der Waals surface area contributed by atoms with Crippen molar-refractivity contribution in [2.75, 3.05) is 12.0 Å². The molecule has 0 aromatic carbocycles. The molecule has 0 aliphatic rings. The summed E-state index contributed by atoms with van der Waals surface area (Å²) in [6.45, 7) is 0. The maximum Gasteiger partial charge on any atom is 0.345 e. The van der Waals surface area contributed by atoms with Gasteiger partial charge >= 0.3 is 5.97 Å². The number of carboxylic acids is 1. The number of carbonyl (C=O) groups is 1. The average Bonchev–Trinajstić information content (AvgIpc) is 2.82. The minimum atomic E-state index is -0.908. The predicted octanol–water partition coefficient (Wildman–Crippen LogP) is 2.87. The topological polar surface area (TPSA) is 76.2 Å². The van der Waals surface area contributed by atoms with Crippen LogP contribution in [0.4, 0.5) is 5.13 Å². The number of hydrogen-bond acceptors (Lipinski definition) is 6. The highest BCUT2D eigenvalue weighted by Gasteiger charge is 2.16. The van der Waals surface area contributed by atoms with Crippen molar-refractivity contribution in [1.29, 1.82) is 0 Å². The lowest BCUT2D eigenvalue weighted by molar-refractivity contribution is 0.0702. The smallest absolute Gasteiger partial charge is 0.345 e. The van der Waals surface area contributed by atoms with Gasteiger partial charge in [0.1, 0.15) is 4.88 Å². The highest BCUT2D eigenvalue weighted by atomic mass is 32.2. The number of carboxylic acid groups (broad SMARTS) is 1. The van der Waals surface area contributed by atoms with Gasteiger partial charge in [-0.3, -0.25) is 0 Å². The first kappa shape index (κ1) is 11.4. The van der Waals surface area contributed by atoms with Crippen LogP contribution >= 0.6 is 34.4 Å². The molecule has 16 heavy (non-hydrogen) atoms. The number of aromatic nitrogens is 1. The van der Waals surface area contributed by atoms with Gasteiger partial charge in [0.2, 0.25) is 0 Å². The van der Waals surface area contributed by atoms with Crippen LogP contribution in [0.2, 0.25) is 0 Å². The van der Waals surface area contributed by atoms with Crippen molar-refractivity contribution < 1.29 is 9.90 Å². The van der Waals surface area contributed by atoms with Crippen molar-refractivity contribution in [3.8, 4) is 11.3 Å². The number of hydrogen-bond donors (Lipinski definition) is 2. The Labute approximate surface area is 104 Å². The van der Waals surface area contributed by atoms with Crippen molar-refractivity contribution in [3.63, 3.8) is 0 Å². The maximum atomic E-state index is 10.9. The number of nitrogens with two attached hydrogens (primary N) is 1. The zero-order valence-electron chi connectivity index (χ0n) is 8.26. The first-order chi connectivity index (χ1) is 7.61. The Kier molecular flexibility index (Phi) is 3.17. The Morgan fingerprint density at radius 1 is 1.62 bits per heavy atom. The van der Waals surface area contributed by atoms with Crippen LogP contribution in [0, 0.1) is 0 Å². The molecule has 2 heterocycles. The SMILES string of the molecule is CSc1sc(C(=O)O)cc1-c1csc(N)n1. The summed E-state index contributed by atoms with van der Waals surface area (Å²) < 4.78 is 0.947. The molecule has 7 heteroatoms. The Bertz CT molecular complexity index is 533. The Morgan fingerprint density at radius 3 is 2.88 bits per heavy atom. The number of nitrogen functional groups attached to an aromatic ring is 1. The van der Waals surface area contributed by atoms with E-state index in [4.69, 9.17) is 10.8 Å². The molecule has 0 saturated heterocycles. The fourth-order valence-electron chi connectivity index (χ4n) is 1.22. The van der Waals surface area contributed by atoms with Crippen molar-refractivity contribution in [1.82, 2.24) is 4.98 Å². The third-order valence-electron chi connectivity index (χ3n) is 1.89. The molecule has 0 bridgehead atoms. The number of nitrogens with zero attached hydrogens (tertiary/aromatic N) is 1. The first-order valence-corrected chi connectivity index (χ1v) is 7.16. The van der Waals surface area contributed by atoms with E-state index in [1.54, 1.807) is 6.07 Å². The Hall–Kier alpha value is -1.05. The van der Waals surface area contributed by atoms with Gasteiger partial charge in [0.25, 0.3) is 0 Å². The van der Waals surface area contributed by atoms with E-state index in [0.717, 1.165) is 15.5 Å². The van der Waals surface area contributed by atoms with Gasteiger partial charge in [-0.1, -0.05) is 0 Å². The zero-order valence-corrected chi connectivity index (χ0v) is 10.7. The summed E-state index contributed by atoms with van der Waals surface area (Å²) in [7, 11) is 0. The molecule has 84 valence electrons. The van der Waals surface area contributed by atoms with Crippen molar-refractivity contribution in [2.24, 2.45) is 0 Å². The number of thioether (sulfide) groups is 1. The Morgan fingerprint density at radius 2 is 2.38 bits per heavy atom. The highest BCUT2D eigenvalue weighted by molar-refractivity contribution is 8.00. The normalized spacial score (nSPS) is 10.6. The lowest BCUT2D eigenvalue weighted by atomic mass is 10.2. The fraction of sp³-hybridized carbons (Fsp3) is 0.111. The summed E-state index contributed by atoms with van der Waals surface area (Å²) in [5.74, 6) is -0.908. The van der Waals surface area contributed by atoms with Gasteiger partial charge in [0, 0.05) is 10.9 Å². The molecule has 0 aliphatic carbocycles. The van der Waals surface area contributed by atoms with Crippen LogP contribution in [0.5, 0.6) is 0 Å². The molecule has 0 atom stereocenters. The van der Waals surface area contributed by atoms with E-state index in [-0.39, 0.29) is 0 Å². The van der Waals surface area contributed by atoms with E-state index in [2.05, 4.69) is 4.98 Å². The molecule has 2 aromatic rings. The van der Waals surface area contributed by atoms with Gasteiger partial charge in [0.15, 0.2) is 5.13 Å². The van der Waals surface area contributed by atoms with E-state index >= 15 is 0 Å². The summed E-state index contributed by atoms with van der Waals surface area (Å²) in [6, 6.07) is 1.65. The summed E-state index contributed by atoms with van der Waals surface area (Å²) in [6.07, 6.45) is 1.91. The monoisotopic (exact) mass is 272 g/mol. The van der Waals surface area contributed by atoms with E-state index in [0.29, 0.717) is 10.0 Å². The maximum absolute atomic E-state index is 10.9. The number of rotatable bonds is 3. The highest BCUT2D eigenvalue weighted by Crippen LogP contribution is 2.38. The second-order valence-electron chi connectivity index (χ2n) is 2.89. The van der Waals surface area contributed by atoms with Crippen LogP contribution in [0.15, 0.2) is 15.7 Å². The fourth-order valence-corrected chi connectivity index (χ4v) is 3.51. The number of thiazole rings is 1. The Balaban J connectivity index is 2.51. The van der Waals surface area contributed by atoms with Crippen LogP contribution in [0.1, 0.15) is 9.67 Å². The third kappa shape index (κ3) is 2.06. The van der Waals surface area contributed by atoms with Gasteiger partial charge in [0.05, 0.1) is 9.90 Å². The first-order valence-electron chi connectivity index (χ1n) is 4.24. The summed E-state index contributed by atoms with van der Waals surface area (Å²) in [5, 5.41) is 11.3. The molecule has 0 amide bonds. The molecule has 3 N–H and O–H groups in total. The van der Waals surface area contributed by atoms with Crippen LogP contribution in [0.3, 0.4) is 0 Å². The number of aromatic carboxylic acids is 1. The summed E-state index contributed by atoms with van der Waals surface area (Å²) >= 11 is 4.13. The molecule has 0 spiro atoms. The molecular formula is C9H8N2O2S3. The van der Waals surface area contributed by atoms with Gasteiger partial charge < -0.3 is 10.8 Å². The van der Waals surface area contributed by atoms with Gasteiger partial charge in [-0.2, -0.15) is 0 Å². The van der Waals surface area contributed by atoms with Crippen molar-refractivity contribution in [2.45, 2.75) is 4.21 Å². The van der Waals surface area contributed by atoms with Gasteiger partial charge in [-0.05, 0) is 12.3 Å². The minimum absolute atomic E-state index is 0.325. The molecule has 0 unspecified atom stereocenters. The molecule has 0 fully saturated rings. The number of anilines is 1. The minimum Gasteiger partial charge on any atom is -0.477 e. The quantitative estimate of drug-likeness (QED) is 0.840. The van der Waals surface area contributed by atoms with Gasteiger partial charge in [-0.25, -0.2) is 9.78 Å². The van der Waals surface area contributed by atoms with E-state index < -0.39 is 5.97 Å². The molecule has 2 aromatic heterocycles. The average molecular weight is 272 g/mol. The van der Waals surface area contributed by atoms with Crippen LogP contribution in [-0.2, 0) is 0 Å². The predicted molar refractivity (Wildman–Crippen MR) is 68.6 cm³/mol. The second-order valence-corrected chi connectivity index (χ2v) is 5.91. The zero-order chi connectivity index (χ0) is 11.7. The van der Waals surface area contributed by atoms with Crippen LogP contribution in [-0.4, -0.2) is 22.3 Å². The molecular weight excluding hydrogens is 264 g/mol.